The van der Waals surface area contributed by atoms with E-state index in [4.69, 9.17) is 0 Å². The Balaban J connectivity index is 2.37. The minimum absolute atomic E-state index is 0.301. The smallest absolute Gasteiger partial charge is 0.253 e. The predicted molar refractivity (Wildman–Crippen MR) is 125 cm³/mol. The van der Waals surface area contributed by atoms with Gasteiger partial charge < -0.3 is 10.6 Å². The van der Waals surface area contributed by atoms with E-state index < -0.39 is 27.5 Å². The molecule has 2 rings (SSSR count). The molecule has 0 bridgehead atoms. The van der Waals surface area contributed by atoms with Gasteiger partial charge in [0.25, 0.3) is 5.91 Å². The van der Waals surface area contributed by atoms with E-state index in [1.807, 2.05) is 40.7 Å². The number of sulfonamides is 1. The van der Waals surface area contributed by atoms with Gasteiger partial charge in [-0.3, -0.25) is 13.9 Å². The van der Waals surface area contributed by atoms with Crippen LogP contribution in [0.4, 0.5) is 11.4 Å². The number of benzene rings is 2. The molecule has 0 fully saturated rings. The Labute approximate surface area is 184 Å². The lowest BCUT2D eigenvalue weighted by atomic mass is 10.1. The standard InChI is InChI=1S/C23H31N3O4S/c1-15-12-16(2)14-18(13-15)26(31(7,29)30)17(3)21(27)24-20-11-9-8-10-19(20)22(28)25-23(4,5)6/h8-14,17H,1-7H3,(H,24,27)(H,25,28)/t17-/m1/s1. The topological polar surface area (TPSA) is 95.6 Å². The summed E-state index contributed by atoms with van der Waals surface area (Å²) in [5.41, 5.74) is 2.37. The maximum atomic E-state index is 13.1. The van der Waals surface area contributed by atoms with E-state index in [-0.39, 0.29) is 5.91 Å². The molecular weight excluding hydrogens is 414 g/mol. The monoisotopic (exact) mass is 445 g/mol. The zero-order valence-corrected chi connectivity index (χ0v) is 19.9. The third kappa shape index (κ3) is 6.55. The summed E-state index contributed by atoms with van der Waals surface area (Å²) in [6, 6.07) is 11.0. The first-order chi connectivity index (χ1) is 14.2. The highest BCUT2D eigenvalue weighted by molar-refractivity contribution is 7.92. The number of amides is 2. The SMILES string of the molecule is Cc1cc(C)cc(N([C@H](C)C(=O)Nc2ccccc2C(=O)NC(C)(C)C)S(C)(=O)=O)c1. The minimum Gasteiger partial charge on any atom is -0.347 e. The third-order valence-corrected chi connectivity index (χ3v) is 5.71. The van der Waals surface area contributed by atoms with Gasteiger partial charge in [-0.25, -0.2) is 8.42 Å². The lowest BCUT2D eigenvalue weighted by Gasteiger charge is -2.29. The van der Waals surface area contributed by atoms with Gasteiger partial charge in [-0.15, -0.1) is 0 Å². The summed E-state index contributed by atoms with van der Waals surface area (Å²) < 4.78 is 26.2. The van der Waals surface area contributed by atoms with Crippen molar-refractivity contribution in [2.24, 2.45) is 0 Å². The quantitative estimate of drug-likeness (QED) is 0.710. The molecule has 0 saturated heterocycles. The highest BCUT2D eigenvalue weighted by Crippen LogP contribution is 2.25. The molecule has 1 atom stereocenters. The van der Waals surface area contributed by atoms with Crippen molar-refractivity contribution in [3.63, 3.8) is 0 Å². The number of rotatable bonds is 6. The maximum absolute atomic E-state index is 13.1. The molecule has 0 aliphatic carbocycles. The van der Waals surface area contributed by atoms with Crippen molar-refractivity contribution in [3.8, 4) is 0 Å². The van der Waals surface area contributed by atoms with Crippen molar-refractivity contribution in [2.45, 2.75) is 53.1 Å². The largest absolute Gasteiger partial charge is 0.347 e. The Kier molecular flexibility index (Phi) is 7.16. The van der Waals surface area contributed by atoms with Crippen molar-refractivity contribution in [1.82, 2.24) is 5.32 Å². The average Bonchev–Trinajstić information content (AvgIpc) is 2.58. The maximum Gasteiger partial charge on any atom is 0.253 e. The number of para-hydroxylation sites is 1. The number of anilines is 2. The molecule has 2 amide bonds. The van der Waals surface area contributed by atoms with E-state index in [0.717, 1.165) is 21.7 Å². The summed E-state index contributed by atoms with van der Waals surface area (Å²) in [6.45, 7) is 10.8. The molecule has 0 unspecified atom stereocenters. The summed E-state index contributed by atoms with van der Waals surface area (Å²) >= 11 is 0. The Hall–Kier alpha value is -2.87. The van der Waals surface area contributed by atoms with Gasteiger partial charge in [0, 0.05) is 5.54 Å². The van der Waals surface area contributed by atoms with Crippen LogP contribution < -0.4 is 14.9 Å². The highest BCUT2D eigenvalue weighted by atomic mass is 32.2. The van der Waals surface area contributed by atoms with Crippen LogP contribution in [0.1, 0.15) is 49.2 Å². The van der Waals surface area contributed by atoms with Crippen LogP contribution in [0.25, 0.3) is 0 Å². The van der Waals surface area contributed by atoms with Crippen molar-refractivity contribution in [2.75, 3.05) is 15.9 Å². The van der Waals surface area contributed by atoms with Gasteiger partial charge in [-0.05, 0) is 76.9 Å². The summed E-state index contributed by atoms with van der Waals surface area (Å²) in [5.74, 6) is -0.870. The number of carbonyl (C=O) groups excluding carboxylic acids is 2. The van der Waals surface area contributed by atoms with Gasteiger partial charge in [0.1, 0.15) is 6.04 Å². The van der Waals surface area contributed by atoms with Gasteiger partial charge in [0.2, 0.25) is 15.9 Å². The van der Waals surface area contributed by atoms with Gasteiger partial charge >= 0.3 is 0 Å². The zero-order valence-electron chi connectivity index (χ0n) is 19.1. The fourth-order valence-corrected chi connectivity index (χ4v) is 4.48. The van der Waals surface area contributed by atoms with E-state index in [9.17, 15) is 18.0 Å². The Morgan fingerprint density at radius 3 is 2.06 bits per heavy atom. The van der Waals surface area contributed by atoms with Crippen LogP contribution in [-0.2, 0) is 14.8 Å². The molecule has 168 valence electrons. The van der Waals surface area contributed by atoms with Crippen LogP contribution in [0.5, 0.6) is 0 Å². The summed E-state index contributed by atoms with van der Waals surface area (Å²) in [7, 11) is -3.75. The van der Waals surface area contributed by atoms with Gasteiger partial charge in [0.05, 0.1) is 23.2 Å². The first kappa shape index (κ1) is 24.4. The van der Waals surface area contributed by atoms with Crippen LogP contribution in [0.3, 0.4) is 0 Å². The first-order valence-corrected chi connectivity index (χ1v) is 11.8. The molecule has 0 aliphatic heterocycles. The number of carbonyl (C=O) groups is 2. The fourth-order valence-electron chi connectivity index (χ4n) is 3.32. The van der Waals surface area contributed by atoms with Crippen LogP contribution >= 0.6 is 0 Å². The number of nitrogens with zero attached hydrogens (tertiary/aromatic N) is 1. The molecule has 8 heteroatoms. The van der Waals surface area contributed by atoms with Gasteiger partial charge in [0.15, 0.2) is 0 Å². The summed E-state index contributed by atoms with van der Waals surface area (Å²) in [4.78, 5) is 25.7. The highest BCUT2D eigenvalue weighted by Gasteiger charge is 2.30. The zero-order chi connectivity index (χ0) is 23.6. The number of aryl methyl sites for hydroxylation is 2. The van der Waals surface area contributed by atoms with Crippen molar-refractivity contribution in [3.05, 3.63) is 59.2 Å². The summed E-state index contributed by atoms with van der Waals surface area (Å²) in [6.07, 6.45) is 1.07. The molecule has 0 saturated carbocycles. The lowest BCUT2D eigenvalue weighted by molar-refractivity contribution is -0.116. The Morgan fingerprint density at radius 1 is 1.00 bits per heavy atom. The average molecular weight is 446 g/mol. The Morgan fingerprint density at radius 2 is 1.55 bits per heavy atom. The first-order valence-electron chi connectivity index (χ1n) is 9.99. The van der Waals surface area contributed by atoms with Gasteiger partial charge in [-0.1, -0.05) is 18.2 Å². The van der Waals surface area contributed by atoms with E-state index in [1.165, 1.54) is 6.92 Å². The third-order valence-electron chi connectivity index (χ3n) is 4.47. The molecule has 31 heavy (non-hydrogen) atoms. The van der Waals surface area contributed by atoms with E-state index in [2.05, 4.69) is 10.6 Å². The van der Waals surface area contributed by atoms with Crippen molar-refractivity contribution in [1.29, 1.82) is 0 Å². The summed E-state index contributed by atoms with van der Waals surface area (Å²) in [5, 5.41) is 5.59. The second-order valence-electron chi connectivity index (χ2n) is 8.82. The molecule has 0 aromatic heterocycles. The molecule has 2 N–H and O–H groups in total. The minimum atomic E-state index is -3.75. The second kappa shape index (κ2) is 9.09. The van der Waals surface area contributed by atoms with Crippen molar-refractivity contribution < 1.29 is 18.0 Å². The van der Waals surface area contributed by atoms with Crippen LogP contribution in [0.2, 0.25) is 0 Å². The molecule has 2 aromatic rings. The molecule has 0 radical (unpaired) electrons. The molecule has 2 aromatic carbocycles. The molecule has 0 spiro atoms. The van der Waals surface area contributed by atoms with E-state index in [1.54, 1.807) is 36.4 Å². The molecular formula is C23H31N3O4S. The molecule has 0 aliphatic rings. The number of hydrogen-bond donors (Lipinski definition) is 2. The normalized spacial score (nSPS) is 12.7. The van der Waals surface area contributed by atoms with Gasteiger partial charge in [-0.2, -0.15) is 0 Å². The fraction of sp³-hybridized carbons (Fsp3) is 0.391. The second-order valence-corrected chi connectivity index (χ2v) is 10.7. The van der Waals surface area contributed by atoms with Crippen LogP contribution in [-0.4, -0.2) is 38.1 Å². The van der Waals surface area contributed by atoms with Crippen molar-refractivity contribution >= 4 is 33.2 Å². The van der Waals surface area contributed by atoms with E-state index >= 15 is 0 Å². The molecule has 7 nitrogen and oxygen atoms in total. The molecule has 0 heterocycles. The van der Waals surface area contributed by atoms with Crippen LogP contribution in [0.15, 0.2) is 42.5 Å². The predicted octanol–water partition coefficient (Wildman–Crippen LogP) is 3.62. The van der Waals surface area contributed by atoms with E-state index in [0.29, 0.717) is 16.9 Å². The Bertz CT molecular complexity index is 1070. The number of hydrogen-bond acceptors (Lipinski definition) is 4. The lowest BCUT2D eigenvalue weighted by Crippen LogP contribution is -2.46. The van der Waals surface area contributed by atoms with Crippen LogP contribution in [0, 0.1) is 13.8 Å². The number of nitrogens with one attached hydrogen (secondary N) is 2.